The molecule has 0 aliphatic rings. The summed E-state index contributed by atoms with van der Waals surface area (Å²) in [6, 6.07) is 17.3. The molecule has 4 nitrogen and oxygen atoms in total. The Morgan fingerprint density at radius 2 is 1.74 bits per heavy atom. The molecule has 1 heterocycles. The van der Waals surface area contributed by atoms with Gasteiger partial charge in [-0.1, -0.05) is 48.2 Å². The number of halogens is 3. The van der Waals surface area contributed by atoms with E-state index in [0.29, 0.717) is 22.6 Å². The van der Waals surface area contributed by atoms with Crippen LogP contribution in [0, 0.1) is 0 Å². The summed E-state index contributed by atoms with van der Waals surface area (Å²) in [7, 11) is 0. The average Bonchev–Trinajstić information content (AvgIpc) is 2.68. The minimum absolute atomic E-state index is 0.100. The molecule has 0 bridgehead atoms. The highest BCUT2D eigenvalue weighted by Crippen LogP contribution is 2.37. The van der Waals surface area contributed by atoms with Gasteiger partial charge in [-0.2, -0.15) is 13.2 Å². The molecule has 0 saturated carbocycles. The maximum Gasteiger partial charge on any atom is 0.417 e. The Hall–Kier alpha value is -3.48. The molecule has 0 saturated heterocycles. The Morgan fingerprint density at radius 1 is 0.963 bits per heavy atom. The van der Waals surface area contributed by atoms with Crippen LogP contribution in [0.1, 0.15) is 11.3 Å². The Kier molecular flexibility index (Phi) is 5.30. The monoisotopic (exact) mass is 368 g/mol. The molecular formula is C20H15F3N4. The topological polar surface area (TPSA) is 49.6 Å². The van der Waals surface area contributed by atoms with Crippen molar-refractivity contribution in [1.29, 1.82) is 0 Å². The zero-order chi connectivity index (χ0) is 19.3. The first-order chi connectivity index (χ1) is 12.9. The van der Waals surface area contributed by atoms with Crippen molar-refractivity contribution in [2.75, 3.05) is 5.43 Å². The molecule has 0 spiro atoms. The highest BCUT2D eigenvalue weighted by molar-refractivity contribution is 5.71. The number of pyridine rings is 1. The second kappa shape index (κ2) is 7.82. The molecule has 3 aromatic rings. The van der Waals surface area contributed by atoms with Gasteiger partial charge in [0.1, 0.15) is 5.70 Å². The molecule has 0 fully saturated rings. The molecule has 27 heavy (non-hydrogen) atoms. The molecule has 136 valence electrons. The van der Waals surface area contributed by atoms with E-state index in [4.69, 9.17) is 0 Å². The van der Waals surface area contributed by atoms with Crippen LogP contribution >= 0.6 is 0 Å². The zero-order valence-corrected chi connectivity index (χ0v) is 14.1. The first-order valence-electron chi connectivity index (χ1n) is 7.99. The van der Waals surface area contributed by atoms with Crippen LogP contribution in [-0.4, -0.2) is 4.98 Å². The summed E-state index contributed by atoms with van der Waals surface area (Å²) in [6.45, 7) is 3.77. The minimum atomic E-state index is -4.43. The third kappa shape index (κ3) is 4.58. The van der Waals surface area contributed by atoms with Crippen molar-refractivity contribution in [2.45, 2.75) is 6.18 Å². The SMILES string of the molecule is C=C(N=NNc1cccc(-c2ccccc2C(F)(F)F)c1)c1ccccn1. The highest BCUT2D eigenvalue weighted by Gasteiger charge is 2.33. The second-order valence-corrected chi connectivity index (χ2v) is 5.60. The van der Waals surface area contributed by atoms with Gasteiger partial charge in [-0.3, -0.25) is 10.4 Å². The Balaban J connectivity index is 1.79. The van der Waals surface area contributed by atoms with Crippen LogP contribution in [0.25, 0.3) is 16.8 Å². The van der Waals surface area contributed by atoms with Gasteiger partial charge in [-0.25, -0.2) is 0 Å². The molecule has 0 unspecified atom stereocenters. The summed E-state index contributed by atoms with van der Waals surface area (Å²) in [5.41, 5.74) is 3.98. The summed E-state index contributed by atoms with van der Waals surface area (Å²) >= 11 is 0. The van der Waals surface area contributed by atoms with Gasteiger partial charge in [-0.15, -0.1) is 5.11 Å². The molecular weight excluding hydrogens is 353 g/mol. The van der Waals surface area contributed by atoms with E-state index in [1.54, 1.807) is 54.7 Å². The van der Waals surface area contributed by atoms with E-state index >= 15 is 0 Å². The lowest BCUT2D eigenvalue weighted by molar-refractivity contribution is -0.137. The van der Waals surface area contributed by atoms with Crippen molar-refractivity contribution in [3.63, 3.8) is 0 Å². The van der Waals surface area contributed by atoms with Gasteiger partial charge >= 0.3 is 6.18 Å². The smallest absolute Gasteiger partial charge is 0.260 e. The van der Waals surface area contributed by atoms with E-state index in [1.165, 1.54) is 12.1 Å². The number of anilines is 1. The summed E-state index contributed by atoms with van der Waals surface area (Å²) in [5, 5.41) is 7.76. The van der Waals surface area contributed by atoms with Gasteiger partial charge in [0.2, 0.25) is 0 Å². The van der Waals surface area contributed by atoms with E-state index in [2.05, 4.69) is 27.3 Å². The van der Waals surface area contributed by atoms with Crippen molar-refractivity contribution in [2.24, 2.45) is 10.3 Å². The number of nitrogens with zero attached hydrogens (tertiary/aromatic N) is 3. The summed E-state index contributed by atoms with van der Waals surface area (Å²) < 4.78 is 39.7. The lowest BCUT2D eigenvalue weighted by Gasteiger charge is -2.13. The summed E-state index contributed by atoms with van der Waals surface area (Å²) in [4.78, 5) is 4.10. The van der Waals surface area contributed by atoms with Crippen molar-refractivity contribution in [3.05, 3.63) is 90.8 Å². The number of nitrogens with one attached hydrogen (secondary N) is 1. The van der Waals surface area contributed by atoms with Crippen molar-refractivity contribution in [3.8, 4) is 11.1 Å². The van der Waals surface area contributed by atoms with Crippen LogP contribution in [0.15, 0.2) is 89.8 Å². The van der Waals surface area contributed by atoms with Gasteiger partial charge in [0.05, 0.1) is 16.9 Å². The molecule has 7 heteroatoms. The van der Waals surface area contributed by atoms with Crippen molar-refractivity contribution in [1.82, 2.24) is 4.98 Å². The van der Waals surface area contributed by atoms with E-state index in [1.807, 2.05) is 0 Å². The van der Waals surface area contributed by atoms with Crippen molar-refractivity contribution >= 4 is 11.4 Å². The summed E-state index contributed by atoms with van der Waals surface area (Å²) in [5.74, 6) is 0. The summed E-state index contributed by atoms with van der Waals surface area (Å²) in [6.07, 6.45) is -2.81. The van der Waals surface area contributed by atoms with Crippen LogP contribution in [0.5, 0.6) is 0 Å². The van der Waals surface area contributed by atoms with E-state index in [0.717, 1.165) is 6.07 Å². The number of rotatable bonds is 5. The predicted octanol–water partition coefficient (Wildman–Crippen LogP) is 6.22. The standard InChI is InChI=1S/C20H15F3N4/c1-14(19-11-4-5-12-24-19)25-27-26-16-8-6-7-15(13-16)17-9-2-3-10-18(17)20(21,22)23/h2-13H,1H2,(H,25,26). The molecule has 1 N–H and O–H groups in total. The third-order valence-electron chi connectivity index (χ3n) is 3.72. The fourth-order valence-corrected chi connectivity index (χ4v) is 2.47. The quantitative estimate of drug-likeness (QED) is 0.429. The number of hydrogen-bond donors (Lipinski definition) is 1. The average molecular weight is 368 g/mol. The fourth-order valence-electron chi connectivity index (χ4n) is 2.47. The van der Waals surface area contributed by atoms with Crippen LogP contribution in [0.3, 0.4) is 0 Å². The normalized spacial score (nSPS) is 11.5. The number of benzene rings is 2. The molecule has 0 radical (unpaired) electrons. The molecule has 0 amide bonds. The Labute approximate surface area is 154 Å². The number of aromatic nitrogens is 1. The number of hydrogen-bond acceptors (Lipinski definition) is 3. The highest BCUT2D eigenvalue weighted by atomic mass is 19.4. The number of alkyl halides is 3. The third-order valence-corrected chi connectivity index (χ3v) is 3.72. The van der Waals surface area contributed by atoms with Gasteiger partial charge in [0.15, 0.2) is 0 Å². The first kappa shape index (κ1) is 18.3. The first-order valence-corrected chi connectivity index (χ1v) is 7.99. The van der Waals surface area contributed by atoms with Gasteiger partial charge in [0.25, 0.3) is 0 Å². The lowest BCUT2D eigenvalue weighted by atomic mass is 9.99. The maximum absolute atomic E-state index is 13.2. The van der Waals surface area contributed by atoms with Gasteiger partial charge in [-0.05, 0) is 41.5 Å². The van der Waals surface area contributed by atoms with Crippen LogP contribution in [0.2, 0.25) is 0 Å². The molecule has 0 aliphatic heterocycles. The largest absolute Gasteiger partial charge is 0.417 e. The molecule has 0 atom stereocenters. The van der Waals surface area contributed by atoms with Crippen LogP contribution < -0.4 is 5.43 Å². The van der Waals surface area contributed by atoms with Gasteiger partial charge < -0.3 is 0 Å². The zero-order valence-electron chi connectivity index (χ0n) is 14.1. The van der Waals surface area contributed by atoms with E-state index < -0.39 is 11.7 Å². The van der Waals surface area contributed by atoms with Crippen molar-refractivity contribution < 1.29 is 13.2 Å². The second-order valence-electron chi connectivity index (χ2n) is 5.60. The molecule has 3 rings (SSSR count). The van der Waals surface area contributed by atoms with Crippen LogP contribution in [0.4, 0.5) is 18.9 Å². The van der Waals surface area contributed by atoms with E-state index in [-0.39, 0.29) is 5.56 Å². The molecule has 0 aliphatic carbocycles. The van der Waals surface area contributed by atoms with Crippen LogP contribution in [-0.2, 0) is 6.18 Å². The van der Waals surface area contributed by atoms with Gasteiger partial charge in [0, 0.05) is 6.20 Å². The lowest BCUT2D eigenvalue weighted by Crippen LogP contribution is -2.06. The Bertz CT molecular complexity index is 966. The minimum Gasteiger partial charge on any atom is -0.260 e. The molecule has 2 aromatic carbocycles. The maximum atomic E-state index is 13.2. The fraction of sp³-hybridized carbons (Fsp3) is 0.0500. The predicted molar refractivity (Wildman–Crippen MR) is 98.6 cm³/mol. The van der Waals surface area contributed by atoms with E-state index in [9.17, 15) is 13.2 Å². The Morgan fingerprint density at radius 3 is 2.48 bits per heavy atom. The molecule has 1 aromatic heterocycles.